The van der Waals surface area contributed by atoms with Gasteiger partial charge >= 0.3 is 11.9 Å². The zero-order valence-corrected chi connectivity index (χ0v) is 10.8. The van der Waals surface area contributed by atoms with Crippen molar-refractivity contribution in [2.24, 2.45) is 0 Å². The molecule has 0 N–H and O–H groups in total. The molecule has 0 saturated carbocycles. The van der Waals surface area contributed by atoms with Crippen LogP contribution >= 0.6 is 0 Å². The number of rotatable bonds is 3. The van der Waals surface area contributed by atoms with E-state index < -0.39 is 17.4 Å². The molecule has 1 atom stereocenters. The first-order chi connectivity index (χ1) is 8.52. The largest absolute Gasteiger partial charge is 0.468 e. The predicted molar refractivity (Wildman–Crippen MR) is 64.0 cm³/mol. The lowest BCUT2D eigenvalue weighted by atomic mass is 9.83. The summed E-state index contributed by atoms with van der Waals surface area (Å²) in [6.45, 7) is 4.14. The number of ether oxygens (including phenoxy) is 2. The van der Waals surface area contributed by atoms with Crippen LogP contribution < -0.4 is 0 Å². The van der Waals surface area contributed by atoms with Crippen LogP contribution in [0.5, 0.6) is 0 Å². The third-order valence-corrected chi connectivity index (χ3v) is 3.22. The van der Waals surface area contributed by atoms with E-state index in [2.05, 4.69) is 0 Å². The Morgan fingerprint density at radius 1 is 1.39 bits per heavy atom. The number of methoxy groups -OCH3 is 1. The van der Waals surface area contributed by atoms with Gasteiger partial charge < -0.3 is 14.0 Å². The highest BCUT2D eigenvalue weighted by molar-refractivity contribution is 6.06. The maximum absolute atomic E-state index is 12.3. The molecule has 98 valence electrons. The fraction of sp³-hybridized carbons (Fsp3) is 0.538. The molecular weight excluding hydrogens is 234 g/mol. The smallest absolute Gasteiger partial charge is 0.329 e. The number of fused-ring (bicyclic) bond motifs is 1. The van der Waals surface area contributed by atoms with Gasteiger partial charge in [0.15, 0.2) is 0 Å². The number of esters is 2. The van der Waals surface area contributed by atoms with Gasteiger partial charge in [0.25, 0.3) is 0 Å². The second-order valence-electron chi connectivity index (χ2n) is 4.69. The van der Waals surface area contributed by atoms with Crippen LogP contribution in [-0.2, 0) is 31.0 Å². The molecule has 0 saturated heterocycles. The molecule has 5 heteroatoms. The number of carbonyl (C=O) groups excluding carboxylic acids is 2. The Hall–Kier alpha value is -1.78. The molecule has 0 bridgehead atoms. The molecule has 1 aliphatic rings. The molecule has 0 spiro atoms. The first kappa shape index (κ1) is 12.7. The molecule has 1 aromatic rings. The standard InChI is InChI=1S/C13H17NO4/c1-9(2)18-12(16)13(11(15)17-3)6-8-14-7-4-5-10(13)14/h4-5,7,9H,6,8H2,1-3H3. The number of hydrogen-bond donors (Lipinski definition) is 0. The number of nitrogens with zero attached hydrogens (tertiary/aromatic N) is 1. The third kappa shape index (κ3) is 1.70. The van der Waals surface area contributed by atoms with Crippen LogP contribution in [0.3, 0.4) is 0 Å². The second kappa shape index (κ2) is 4.48. The lowest BCUT2D eigenvalue weighted by molar-refractivity contribution is -0.166. The van der Waals surface area contributed by atoms with E-state index in [0.717, 1.165) is 0 Å². The van der Waals surface area contributed by atoms with Crippen molar-refractivity contribution < 1.29 is 19.1 Å². The molecule has 0 amide bonds. The van der Waals surface area contributed by atoms with E-state index in [1.54, 1.807) is 19.9 Å². The van der Waals surface area contributed by atoms with Crippen LogP contribution in [0.25, 0.3) is 0 Å². The number of aryl methyl sites for hydroxylation is 1. The first-order valence-corrected chi connectivity index (χ1v) is 5.97. The molecular formula is C13H17NO4. The van der Waals surface area contributed by atoms with Crippen molar-refractivity contribution in [1.29, 1.82) is 0 Å². The molecule has 0 fully saturated rings. The van der Waals surface area contributed by atoms with Gasteiger partial charge in [-0.2, -0.15) is 0 Å². The van der Waals surface area contributed by atoms with Crippen molar-refractivity contribution in [2.45, 2.75) is 38.3 Å². The zero-order valence-electron chi connectivity index (χ0n) is 10.8. The van der Waals surface area contributed by atoms with Gasteiger partial charge in [-0.25, -0.2) is 0 Å². The van der Waals surface area contributed by atoms with Crippen molar-refractivity contribution in [1.82, 2.24) is 4.57 Å². The molecule has 0 aromatic carbocycles. The minimum absolute atomic E-state index is 0.261. The van der Waals surface area contributed by atoms with Crippen molar-refractivity contribution in [3.05, 3.63) is 24.0 Å². The summed E-state index contributed by atoms with van der Waals surface area (Å²) in [5, 5.41) is 0. The van der Waals surface area contributed by atoms with Crippen molar-refractivity contribution in [2.75, 3.05) is 7.11 Å². The van der Waals surface area contributed by atoms with Crippen molar-refractivity contribution >= 4 is 11.9 Å². The maximum Gasteiger partial charge on any atom is 0.329 e. The fourth-order valence-corrected chi connectivity index (χ4v) is 2.40. The lowest BCUT2D eigenvalue weighted by Crippen LogP contribution is -2.45. The minimum Gasteiger partial charge on any atom is -0.468 e. The average molecular weight is 251 g/mol. The average Bonchev–Trinajstić information content (AvgIpc) is 2.88. The lowest BCUT2D eigenvalue weighted by Gasteiger charge is -2.24. The second-order valence-corrected chi connectivity index (χ2v) is 4.69. The Kier molecular flexibility index (Phi) is 3.15. The summed E-state index contributed by atoms with van der Waals surface area (Å²) in [5.41, 5.74) is -0.650. The van der Waals surface area contributed by atoms with Crippen molar-refractivity contribution in [3.63, 3.8) is 0 Å². The van der Waals surface area contributed by atoms with E-state index in [1.165, 1.54) is 7.11 Å². The van der Waals surface area contributed by atoms with Gasteiger partial charge in [0.1, 0.15) is 0 Å². The van der Waals surface area contributed by atoms with E-state index in [-0.39, 0.29) is 6.10 Å². The Morgan fingerprint density at radius 2 is 2.11 bits per heavy atom. The predicted octanol–water partition coefficient (Wildman–Crippen LogP) is 1.25. The minimum atomic E-state index is -1.30. The van der Waals surface area contributed by atoms with Gasteiger partial charge in [0, 0.05) is 18.4 Å². The molecule has 5 nitrogen and oxygen atoms in total. The highest BCUT2D eigenvalue weighted by Crippen LogP contribution is 2.38. The summed E-state index contributed by atoms with van der Waals surface area (Å²) in [7, 11) is 1.29. The molecule has 1 aromatic heterocycles. The Balaban J connectivity index is 2.44. The van der Waals surface area contributed by atoms with Gasteiger partial charge in [-0.05, 0) is 32.4 Å². The molecule has 0 aliphatic carbocycles. The van der Waals surface area contributed by atoms with E-state index >= 15 is 0 Å². The summed E-state index contributed by atoms with van der Waals surface area (Å²) in [6, 6.07) is 3.58. The summed E-state index contributed by atoms with van der Waals surface area (Å²) in [5.74, 6) is -1.08. The van der Waals surface area contributed by atoms with Crippen LogP contribution in [0.4, 0.5) is 0 Å². The van der Waals surface area contributed by atoms with Gasteiger partial charge in [-0.15, -0.1) is 0 Å². The molecule has 0 radical (unpaired) electrons. The van der Waals surface area contributed by atoms with Crippen LogP contribution in [0.2, 0.25) is 0 Å². The third-order valence-electron chi connectivity index (χ3n) is 3.22. The summed E-state index contributed by atoms with van der Waals surface area (Å²) >= 11 is 0. The van der Waals surface area contributed by atoms with E-state index in [1.807, 2.05) is 16.8 Å². The quantitative estimate of drug-likeness (QED) is 0.599. The highest BCUT2D eigenvalue weighted by atomic mass is 16.6. The van der Waals surface area contributed by atoms with Gasteiger partial charge in [-0.1, -0.05) is 0 Å². The van der Waals surface area contributed by atoms with Gasteiger partial charge in [0.2, 0.25) is 5.41 Å². The summed E-state index contributed by atoms with van der Waals surface area (Å²) in [4.78, 5) is 24.4. The van der Waals surface area contributed by atoms with E-state index in [0.29, 0.717) is 18.7 Å². The van der Waals surface area contributed by atoms with Crippen LogP contribution in [-0.4, -0.2) is 29.7 Å². The van der Waals surface area contributed by atoms with Crippen molar-refractivity contribution in [3.8, 4) is 0 Å². The number of hydrogen-bond acceptors (Lipinski definition) is 4. The zero-order chi connectivity index (χ0) is 13.3. The molecule has 1 unspecified atom stereocenters. The Labute approximate surface area is 106 Å². The van der Waals surface area contributed by atoms with Gasteiger partial charge in [0.05, 0.1) is 13.2 Å². The molecule has 18 heavy (non-hydrogen) atoms. The van der Waals surface area contributed by atoms with Crippen LogP contribution in [0.1, 0.15) is 26.0 Å². The first-order valence-electron chi connectivity index (χ1n) is 5.97. The Bertz CT molecular complexity index is 477. The topological polar surface area (TPSA) is 57.5 Å². The van der Waals surface area contributed by atoms with Crippen LogP contribution in [0, 0.1) is 0 Å². The summed E-state index contributed by atoms with van der Waals surface area (Å²) < 4.78 is 11.9. The highest BCUT2D eigenvalue weighted by Gasteiger charge is 2.55. The van der Waals surface area contributed by atoms with E-state index in [9.17, 15) is 9.59 Å². The normalized spacial score (nSPS) is 21.8. The van der Waals surface area contributed by atoms with Crippen LogP contribution in [0.15, 0.2) is 18.3 Å². The molecule has 2 rings (SSSR count). The maximum atomic E-state index is 12.3. The number of aromatic nitrogens is 1. The fourth-order valence-electron chi connectivity index (χ4n) is 2.40. The summed E-state index contributed by atoms with van der Waals surface area (Å²) in [6.07, 6.45) is 1.98. The number of carbonyl (C=O) groups is 2. The Morgan fingerprint density at radius 3 is 2.72 bits per heavy atom. The molecule has 2 heterocycles. The molecule has 1 aliphatic heterocycles. The van der Waals surface area contributed by atoms with E-state index in [4.69, 9.17) is 9.47 Å². The monoisotopic (exact) mass is 251 g/mol. The SMILES string of the molecule is COC(=O)C1(C(=O)OC(C)C)CCn2cccc21. The van der Waals surface area contributed by atoms with Gasteiger partial charge in [-0.3, -0.25) is 9.59 Å².